The van der Waals surface area contributed by atoms with Gasteiger partial charge in [0.1, 0.15) is 5.76 Å². The standard InChI is InChI=1S/C11H13N3O2/c1-14-6-9(4-13-14)15-7-11-12-5-10(16-11)8-2-3-8/h4-6,8H,2-3,7H2,1H3. The zero-order chi connectivity index (χ0) is 11.0. The summed E-state index contributed by atoms with van der Waals surface area (Å²) in [5, 5.41) is 4.01. The first-order valence-electron chi connectivity index (χ1n) is 5.37. The number of ether oxygens (including phenoxy) is 1. The molecule has 84 valence electrons. The molecule has 2 aromatic rings. The van der Waals surface area contributed by atoms with E-state index in [1.165, 1.54) is 12.8 Å². The number of aromatic nitrogens is 3. The van der Waals surface area contributed by atoms with Crippen LogP contribution in [0.15, 0.2) is 23.0 Å². The predicted molar refractivity (Wildman–Crippen MR) is 56.0 cm³/mol. The van der Waals surface area contributed by atoms with E-state index in [1.54, 1.807) is 17.1 Å². The first-order chi connectivity index (χ1) is 7.81. The van der Waals surface area contributed by atoms with E-state index >= 15 is 0 Å². The Hall–Kier alpha value is -1.78. The van der Waals surface area contributed by atoms with Crippen LogP contribution in [0.2, 0.25) is 0 Å². The average Bonchev–Trinajstić information content (AvgIpc) is 2.87. The van der Waals surface area contributed by atoms with Gasteiger partial charge in [0.05, 0.1) is 18.6 Å². The van der Waals surface area contributed by atoms with Crippen molar-refractivity contribution in [2.24, 2.45) is 7.05 Å². The van der Waals surface area contributed by atoms with Gasteiger partial charge in [-0.3, -0.25) is 4.68 Å². The third-order valence-electron chi connectivity index (χ3n) is 2.59. The molecule has 0 saturated heterocycles. The van der Waals surface area contributed by atoms with Gasteiger partial charge in [0.2, 0.25) is 5.89 Å². The molecule has 0 atom stereocenters. The highest BCUT2D eigenvalue weighted by Gasteiger charge is 2.27. The van der Waals surface area contributed by atoms with E-state index in [0.717, 1.165) is 11.5 Å². The summed E-state index contributed by atoms with van der Waals surface area (Å²) in [7, 11) is 1.85. The minimum absolute atomic E-state index is 0.360. The van der Waals surface area contributed by atoms with Crippen LogP contribution in [0.3, 0.4) is 0 Å². The molecule has 0 radical (unpaired) electrons. The van der Waals surface area contributed by atoms with Gasteiger partial charge in [-0.05, 0) is 12.8 Å². The van der Waals surface area contributed by atoms with Gasteiger partial charge >= 0.3 is 0 Å². The quantitative estimate of drug-likeness (QED) is 0.787. The fourth-order valence-electron chi connectivity index (χ4n) is 1.57. The molecule has 0 spiro atoms. The number of hydrogen-bond donors (Lipinski definition) is 0. The van der Waals surface area contributed by atoms with Gasteiger partial charge in [0.15, 0.2) is 12.4 Å². The van der Waals surface area contributed by atoms with Gasteiger partial charge in [-0.15, -0.1) is 0 Å². The Morgan fingerprint density at radius 2 is 2.38 bits per heavy atom. The van der Waals surface area contributed by atoms with Gasteiger partial charge in [-0.1, -0.05) is 0 Å². The molecule has 0 bridgehead atoms. The van der Waals surface area contributed by atoms with Gasteiger partial charge < -0.3 is 9.15 Å². The highest BCUT2D eigenvalue weighted by atomic mass is 16.5. The van der Waals surface area contributed by atoms with Crippen molar-refractivity contribution >= 4 is 0 Å². The monoisotopic (exact) mass is 219 g/mol. The van der Waals surface area contributed by atoms with Crippen LogP contribution >= 0.6 is 0 Å². The summed E-state index contributed by atoms with van der Waals surface area (Å²) in [4.78, 5) is 4.18. The van der Waals surface area contributed by atoms with E-state index in [1.807, 2.05) is 13.2 Å². The Morgan fingerprint density at radius 3 is 3.06 bits per heavy atom. The second-order valence-corrected chi connectivity index (χ2v) is 4.07. The molecule has 5 heteroatoms. The highest BCUT2D eigenvalue weighted by molar-refractivity contribution is 5.12. The smallest absolute Gasteiger partial charge is 0.232 e. The third-order valence-corrected chi connectivity index (χ3v) is 2.59. The SMILES string of the molecule is Cn1cc(OCc2ncc(C3CC3)o2)cn1. The Labute approximate surface area is 93.0 Å². The van der Waals surface area contributed by atoms with Crippen molar-refractivity contribution in [3.8, 4) is 5.75 Å². The Kier molecular flexibility index (Phi) is 2.16. The van der Waals surface area contributed by atoms with Crippen molar-refractivity contribution in [1.29, 1.82) is 0 Å². The van der Waals surface area contributed by atoms with Crippen LogP contribution in [0, 0.1) is 0 Å². The van der Waals surface area contributed by atoms with Gasteiger partial charge in [0.25, 0.3) is 0 Å². The van der Waals surface area contributed by atoms with Crippen molar-refractivity contribution < 1.29 is 9.15 Å². The van der Waals surface area contributed by atoms with Crippen molar-refractivity contribution in [2.45, 2.75) is 25.4 Å². The van der Waals surface area contributed by atoms with Crippen LogP contribution in [0.4, 0.5) is 0 Å². The maximum Gasteiger partial charge on any atom is 0.232 e. The minimum atomic E-state index is 0.360. The van der Waals surface area contributed by atoms with E-state index in [-0.39, 0.29) is 0 Å². The molecule has 1 saturated carbocycles. The average molecular weight is 219 g/mol. The van der Waals surface area contributed by atoms with Crippen LogP contribution in [-0.2, 0) is 13.7 Å². The molecule has 0 N–H and O–H groups in total. The lowest BCUT2D eigenvalue weighted by molar-refractivity contribution is 0.259. The summed E-state index contributed by atoms with van der Waals surface area (Å²) < 4.78 is 12.8. The Bertz CT molecular complexity index is 485. The second-order valence-electron chi connectivity index (χ2n) is 4.07. The molecule has 0 aromatic carbocycles. The molecule has 0 unspecified atom stereocenters. The number of rotatable bonds is 4. The lowest BCUT2D eigenvalue weighted by atomic mass is 10.3. The van der Waals surface area contributed by atoms with Crippen LogP contribution in [0.25, 0.3) is 0 Å². The number of hydrogen-bond acceptors (Lipinski definition) is 4. The van der Waals surface area contributed by atoms with E-state index in [9.17, 15) is 0 Å². The second kappa shape index (κ2) is 3.66. The summed E-state index contributed by atoms with van der Waals surface area (Å²) in [6.45, 7) is 0.360. The lowest BCUT2D eigenvalue weighted by Gasteiger charge is -1.98. The van der Waals surface area contributed by atoms with Crippen LogP contribution in [0.1, 0.15) is 30.4 Å². The Balaban J connectivity index is 1.61. The predicted octanol–water partition coefficient (Wildman–Crippen LogP) is 1.86. The molecule has 2 aromatic heterocycles. The maximum absolute atomic E-state index is 5.57. The van der Waals surface area contributed by atoms with Gasteiger partial charge in [-0.2, -0.15) is 5.10 Å². The van der Waals surface area contributed by atoms with Crippen molar-refractivity contribution in [3.63, 3.8) is 0 Å². The minimum Gasteiger partial charge on any atom is -0.481 e. The van der Waals surface area contributed by atoms with Crippen molar-refractivity contribution in [3.05, 3.63) is 30.2 Å². The van der Waals surface area contributed by atoms with Crippen LogP contribution in [0.5, 0.6) is 5.75 Å². The zero-order valence-electron chi connectivity index (χ0n) is 9.09. The number of oxazole rings is 1. The van der Waals surface area contributed by atoms with E-state index in [2.05, 4.69) is 10.1 Å². The summed E-state index contributed by atoms with van der Waals surface area (Å²) in [5.74, 6) is 2.95. The molecule has 0 amide bonds. The first-order valence-corrected chi connectivity index (χ1v) is 5.37. The molecule has 1 fully saturated rings. The number of nitrogens with zero attached hydrogens (tertiary/aromatic N) is 3. The molecule has 5 nitrogen and oxygen atoms in total. The Morgan fingerprint density at radius 1 is 1.50 bits per heavy atom. The molecule has 2 heterocycles. The van der Waals surface area contributed by atoms with E-state index < -0.39 is 0 Å². The van der Waals surface area contributed by atoms with Gasteiger partial charge in [-0.25, -0.2) is 4.98 Å². The molecule has 1 aliphatic rings. The van der Waals surface area contributed by atoms with E-state index in [0.29, 0.717) is 18.4 Å². The first kappa shape index (κ1) is 9.45. The summed E-state index contributed by atoms with van der Waals surface area (Å²) in [6.07, 6.45) is 7.73. The maximum atomic E-state index is 5.57. The summed E-state index contributed by atoms with van der Waals surface area (Å²) in [5.41, 5.74) is 0. The zero-order valence-corrected chi connectivity index (χ0v) is 9.09. The fraction of sp³-hybridized carbons (Fsp3) is 0.455. The van der Waals surface area contributed by atoms with Crippen molar-refractivity contribution in [2.75, 3.05) is 0 Å². The molecule has 0 aliphatic heterocycles. The van der Waals surface area contributed by atoms with E-state index in [4.69, 9.17) is 9.15 Å². The number of aryl methyl sites for hydroxylation is 1. The lowest BCUT2D eigenvalue weighted by Crippen LogP contribution is -1.94. The van der Waals surface area contributed by atoms with Crippen molar-refractivity contribution in [1.82, 2.24) is 14.8 Å². The molecule has 16 heavy (non-hydrogen) atoms. The molecular formula is C11H13N3O2. The normalized spacial score (nSPS) is 15.3. The summed E-state index contributed by atoms with van der Waals surface area (Å²) >= 11 is 0. The van der Waals surface area contributed by atoms with Crippen LogP contribution in [-0.4, -0.2) is 14.8 Å². The molecule has 3 rings (SSSR count). The third kappa shape index (κ3) is 1.93. The molecule has 1 aliphatic carbocycles. The van der Waals surface area contributed by atoms with Gasteiger partial charge in [0, 0.05) is 13.0 Å². The largest absolute Gasteiger partial charge is 0.481 e. The topological polar surface area (TPSA) is 53.1 Å². The summed E-state index contributed by atoms with van der Waals surface area (Å²) in [6, 6.07) is 0. The highest BCUT2D eigenvalue weighted by Crippen LogP contribution is 2.40. The molecular weight excluding hydrogens is 206 g/mol. The fourth-order valence-corrected chi connectivity index (χ4v) is 1.57. The van der Waals surface area contributed by atoms with Crippen LogP contribution < -0.4 is 4.74 Å².